The second-order valence-corrected chi connectivity index (χ2v) is 9.01. The van der Waals surface area contributed by atoms with Gasteiger partial charge in [0.25, 0.3) is 0 Å². The molecular weight excluding hydrogens is 412 g/mol. The van der Waals surface area contributed by atoms with Crippen molar-refractivity contribution < 1.29 is 14.3 Å². The maximum absolute atomic E-state index is 11.9. The number of likely N-dealkylation sites (tertiary alicyclic amines) is 1. The number of allylic oxidation sites excluding steroid dienone is 2. The van der Waals surface area contributed by atoms with Crippen molar-refractivity contribution in [2.24, 2.45) is 0 Å². The Balaban J connectivity index is 1.55. The molecule has 2 fully saturated rings. The average Bonchev–Trinajstić information content (AvgIpc) is 3.51. The molecule has 5 heteroatoms. The largest absolute Gasteiger partial charge is 0.494 e. The summed E-state index contributed by atoms with van der Waals surface area (Å²) in [6.45, 7) is 2.87. The molecule has 0 unspecified atom stereocenters. The van der Waals surface area contributed by atoms with Gasteiger partial charge in [-0.05, 0) is 80.2 Å². The summed E-state index contributed by atoms with van der Waals surface area (Å²) >= 11 is 0. The molecular formula is C28H36N2O3. The van der Waals surface area contributed by atoms with Gasteiger partial charge in [0.15, 0.2) is 5.76 Å². The second-order valence-electron chi connectivity index (χ2n) is 9.01. The summed E-state index contributed by atoms with van der Waals surface area (Å²) in [5.41, 5.74) is 4.93. The number of ether oxygens (including phenoxy) is 2. The van der Waals surface area contributed by atoms with Crippen molar-refractivity contribution in [3.63, 3.8) is 0 Å². The minimum Gasteiger partial charge on any atom is -0.494 e. The molecule has 1 amide bonds. The lowest BCUT2D eigenvalue weighted by Gasteiger charge is -2.37. The Morgan fingerprint density at radius 2 is 2.06 bits per heavy atom. The number of nitrogens with zero attached hydrogens (tertiary/aromatic N) is 1. The van der Waals surface area contributed by atoms with E-state index < -0.39 is 0 Å². The van der Waals surface area contributed by atoms with Crippen LogP contribution < -0.4 is 0 Å². The molecule has 2 aliphatic rings. The van der Waals surface area contributed by atoms with E-state index in [1.54, 1.807) is 13.4 Å². The normalized spacial score (nSPS) is 22.4. The first-order chi connectivity index (χ1) is 16.2. The zero-order valence-electron chi connectivity index (χ0n) is 19.9. The Kier molecular flexibility index (Phi) is 7.92. The maximum Gasteiger partial charge on any atom is 0.210 e. The van der Waals surface area contributed by atoms with Crippen LogP contribution in [0.1, 0.15) is 57.4 Å². The van der Waals surface area contributed by atoms with Gasteiger partial charge in [-0.2, -0.15) is 0 Å². The van der Waals surface area contributed by atoms with Crippen LogP contribution in [0.3, 0.4) is 0 Å². The lowest BCUT2D eigenvalue weighted by Crippen LogP contribution is -2.41. The van der Waals surface area contributed by atoms with Gasteiger partial charge < -0.3 is 19.4 Å². The monoisotopic (exact) mass is 448 g/mol. The Labute approximate surface area is 197 Å². The van der Waals surface area contributed by atoms with Crippen molar-refractivity contribution in [1.82, 2.24) is 9.88 Å². The summed E-state index contributed by atoms with van der Waals surface area (Å²) in [7, 11) is 1.69. The fourth-order valence-corrected chi connectivity index (χ4v) is 5.16. The number of aromatic nitrogens is 1. The van der Waals surface area contributed by atoms with E-state index in [0.717, 1.165) is 62.8 Å². The van der Waals surface area contributed by atoms with Crippen molar-refractivity contribution in [3.05, 3.63) is 71.3 Å². The molecule has 1 saturated carbocycles. The van der Waals surface area contributed by atoms with E-state index in [1.165, 1.54) is 34.9 Å². The molecule has 5 nitrogen and oxygen atoms in total. The maximum atomic E-state index is 11.9. The molecule has 2 aromatic rings. The van der Waals surface area contributed by atoms with E-state index in [9.17, 15) is 4.79 Å². The number of nitrogens with one attached hydrogen (secondary N) is 1. The molecule has 0 bridgehead atoms. The molecule has 176 valence electrons. The second kappa shape index (κ2) is 11.3. The van der Waals surface area contributed by atoms with Gasteiger partial charge >= 0.3 is 0 Å². The van der Waals surface area contributed by atoms with Crippen LogP contribution in [0.25, 0.3) is 10.9 Å². The number of methoxy groups -OCH3 is 1. The van der Waals surface area contributed by atoms with Crippen molar-refractivity contribution in [2.75, 3.05) is 13.7 Å². The van der Waals surface area contributed by atoms with Crippen LogP contribution in [-0.2, 0) is 20.7 Å². The molecule has 1 aliphatic heterocycles. The van der Waals surface area contributed by atoms with Gasteiger partial charge in [-0.15, -0.1) is 0 Å². The van der Waals surface area contributed by atoms with Crippen LogP contribution in [0.4, 0.5) is 0 Å². The Morgan fingerprint density at radius 3 is 2.82 bits per heavy atom. The van der Waals surface area contributed by atoms with Crippen molar-refractivity contribution in [1.29, 1.82) is 0 Å². The summed E-state index contributed by atoms with van der Waals surface area (Å²) < 4.78 is 11.6. The van der Waals surface area contributed by atoms with Gasteiger partial charge in [0.2, 0.25) is 6.41 Å². The number of aryl methyl sites for hydroxylation is 1. The summed E-state index contributed by atoms with van der Waals surface area (Å²) in [6.07, 6.45) is 17.8. The Morgan fingerprint density at radius 1 is 1.24 bits per heavy atom. The summed E-state index contributed by atoms with van der Waals surface area (Å²) in [5, 5.41) is 1.26. The first-order valence-corrected chi connectivity index (χ1v) is 12.3. The predicted molar refractivity (Wildman–Crippen MR) is 133 cm³/mol. The van der Waals surface area contributed by atoms with Gasteiger partial charge in [0, 0.05) is 23.6 Å². The van der Waals surface area contributed by atoms with Gasteiger partial charge in [-0.1, -0.05) is 31.2 Å². The fourth-order valence-electron chi connectivity index (χ4n) is 5.16. The van der Waals surface area contributed by atoms with Gasteiger partial charge in [-0.25, -0.2) is 0 Å². The number of amides is 1. The lowest BCUT2D eigenvalue weighted by molar-refractivity contribution is -0.120. The van der Waals surface area contributed by atoms with E-state index >= 15 is 0 Å². The van der Waals surface area contributed by atoms with Crippen LogP contribution in [0.15, 0.2) is 65.8 Å². The molecule has 0 radical (unpaired) electrons. The zero-order chi connectivity index (χ0) is 23.0. The number of para-hydroxylation sites is 1. The summed E-state index contributed by atoms with van der Waals surface area (Å²) in [6, 6.07) is 8.45. The van der Waals surface area contributed by atoms with Gasteiger partial charge in [-0.3, -0.25) is 4.79 Å². The zero-order valence-corrected chi connectivity index (χ0v) is 19.9. The highest BCUT2D eigenvalue weighted by Gasteiger charge is 2.29. The van der Waals surface area contributed by atoms with E-state index in [2.05, 4.69) is 48.5 Å². The molecule has 1 atom stereocenters. The smallest absolute Gasteiger partial charge is 0.210 e. The van der Waals surface area contributed by atoms with Crippen molar-refractivity contribution >= 4 is 17.3 Å². The number of benzene rings is 1. The molecule has 1 aromatic carbocycles. The van der Waals surface area contributed by atoms with E-state index in [-0.39, 0.29) is 6.04 Å². The highest BCUT2D eigenvalue weighted by molar-refractivity contribution is 5.83. The number of rotatable bonds is 9. The molecule has 2 heterocycles. The van der Waals surface area contributed by atoms with E-state index in [0.29, 0.717) is 6.10 Å². The van der Waals surface area contributed by atoms with E-state index in [4.69, 9.17) is 9.47 Å². The first-order valence-electron chi connectivity index (χ1n) is 12.3. The molecule has 0 spiro atoms. The number of carbonyl (C=O) groups excluding carboxylic acids is 1. The first kappa shape index (κ1) is 23.2. The SMILES string of the molecule is CCC=C1/C(=C\C(=C\OC2CCCC2)OC)CCN(C=O)[C@H]1CCc1c[nH]c2ccccc12. The molecule has 1 N–H and O–H groups in total. The standard InChI is InChI=1S/C28H36N2O3/c1-3-8-26-21(17-24(32-2)19-33-23-9-4-5-10-23)15-16-30(20-31)28(26)14-13-22-18-29-27-12-7-6-11-25(22)27/h6-8,11-12,17-20,23,28-29H,3-5,9-10,13-16H2,1-2H3/b21-17-,24-19-,26-8?/t28-/m0/s1. The van der Waals surface area contributed by atoms with Crippen LogP contribution in [0.5, 0.6) is 0 Å². The Hall–Kier alpha value is -2.95. The topological polar surface area (TPSA) is 54.6 Å². The number of carbonyl (C=O) groups is 1. The quantitative estimate of drug-likeness (QED) is 0.376. The minimum absolute atomic E-state index is 0.0602. The van der Waals surface area contributed by atoms with Crippen molar-refractivity contribution in [2.45, 2.75) is 70.4 Å². The van der Waals surface area contributed by atoms with Gasteiger partial charge in [0.05, 0.1) is 19.3 Å². The van der Waals surface area contributed by atoms with Gasteiger partial charge in [0.1, 0.15) is 6.26 Å². The lowest BCUT2D eigenvalue weighted by atomic mass is 9.86. The minimum atomic E-state index is 0.0602. The van der Waals surface area contributed by atoms with Crippen LogP contribution in [-0.4, -0.2) is 42.1 Å². The fraction of sp³-hybridized carbons (Fsp3) is 0.464. The van der Waals surface area contributed by atoms with Crippen LogP contribution >= 0.6 is 0 Å². The Bertz CT molecular complexity index is 1030. The average molecular weight is 449 g/mol. The third-order valence-electron chi connectivity index (χ3n) is 6.92. The third kappa shape index (κ3) is 5.52. The van der Waals surface area contributed by atoms with Crippen molar-refractivity contribution in [3.8, 4) is 0 Å². The number of piperidine rings is 1. The molecule has 1 aromatic heterocycles. The third-order valence-corrected chi connectivity index (χ3v) is 6.92. The van der Waals surface area contributed by atoms with Crippen LogP contribution in [0, 0.1) is 0 Å². The molecule has 1 aliphatic carbocycles. The number of aromatic amines is 1. The summed E-state index contributed by atoms with van der Waals surface area (Å²) in [4.78, 5) is 17.3. The molecule has 1 saturated heterocycles. The molecule has 4 rings (SSSR count). The number of H-pyrrole nitrogens is 1. The number of hydrogen-bond acceptors (Lipinski definition) is 3. The summed E-state index contributed by atoms with van der Waals surface area (Å²) in [5.74, 6) is 0.744. The highest BCUT2D eigenvalue weighted by atomic mass is 16.5. The van der Waals surface area contributed by atoms with E-state index in [1.807, 2.05) is 11.0 Å². The molecule has 33 heavy (non-hydrogen) atoms. The highest BCUT2D eigenvalue weighted by Crippen LogP contribution is 2.32. The van der Waals surface area contributed by atoms with Crippen LogP contribution in [0.2, 0.25) is 0 Å². The number of hydrogen-bond donors (Lipinski definition) is 1. The number of fused-ring (bicyclic) bond motifs is 1. The predicted octanol–water partition coefficient (Wildman–Crippen LogP) is 6.04.